The Morgan fingerprint density at radius 3 is 3.00 bits per heavy atom. The smallest absolute Gasteiger partial charge is 0.238 e. The lowest BCUT2D eigenvalue weighted by Crippen LogP contribution is -2.24. The Labute approximate surface area is 114 Å². The van der Waals surface area contributed by atoms with Gasteiger partial charge in [-0.15, -0.1) is 11.3 Å². The molecule has 0 saturated heterocycles. The highest BCUT2D eigenvalue weighted by atomic mass is 32.2. The van der Waals surface area contributed by atoms with Crippen LogP contribution in [0.1, 0.15) is 11.1 Å². The highest BCUT2D eigenvalue weighted by Crippen LogP contribution is 2.35. The molecule has 0 spiro atoms. The Kier molecular flexibility index (Phi) is 2.92. The minimum atomic E-state index is -3.73. The van der Waals surface area contributed by atoms with Gasteiger partial charge in [-0.2, -0.15) is 0 Å². The van der Waals surface area contributed by atoms with Crippen LogP contribution < -0.4 is 15.2 Å². The van der Waals surface area contributed by atoms with Crippen LogP contribution in [0.4, 0.5) is 5.69 Å². The predicted octanol–water partition coefficient (Wildman–Crippen LogP) is 1.34. The van der Waals surface area contributed by atoms with Gasteiger partial charge in [-0.05, 0) is 12.1 Å². The van der Waals surface area contributed by atoms with Crippen molar-refractivity contribution >= 4 is 27.0 Å². The van der Waals surface area contributed by atoms with E-state index in [0.717, 1.165) is 10.7 Å². The largest absolute Gasteiger partial charge is 0.479 e. The van der Waals surface area contributed by atoms with Crippen LogP contribution in [0.3, 0.4) is 0 Å². The van der Waals surface area contributed by atoms with Gasteiger partial charge < -0.3 is 10.1 Å². The fourth-order valence-corrected chi connectivity index (χ4v) is 3.05. The van der Waals surface area contributed by atoms with E-state index >= 15 is 0 Å². The molecule has 0 bridgehead atoms. The molecule has 0 aliphatic carbocycles. The molecule has 1 aromatic heterocycles. The molecule has 19 heavy (non-hydrogen) atoms. The second-order valence-corrected chi connectivity index (χ2v) is 6.55. The molecule has 0 fully saturated rings. The van der Waals surface area contributed by atoms with Gasteiger partial charge in [0.05, 0.1) is 17.1 Å². The highest BCUT2D eigenvalue weighted by Gasteiger charge is 2.24. The van der Waals surface area contributed by atoms with E-state index in [1.165, 1.54) is 23.5 Å². The third kappa shape index (κ3) is 2.42. The van der Waals surface area contributed by atoms with Crippen LogP contribution in [-0.2, 0) is 10.0 Å². The average Bonchev–Trinajstić information content (AvgIpc) is 2.90. The number of primary sulfonamides is 1. The van der Waals surface area contributed by atoms with Crippen molar-refractivity contribution in [2.45, 2.75) is 11.0 Å². The van der Waals surface area contributed by atoms with Crippen molar-refractivity contribution in [2.75, 3.05) is 11.9 Å². The summed E-state index contributed by atoms with van der Waals surface area (Å²) in [6.45, 7) is 0.592. The van der Waals surface area contributed by atoms with Crippen molar-refractivity contribution in [1.82, 2.24) is 4.98 Å². The number of benzene rings is 1. The lowest BCUT2D eigenvalue weighted by Gasteiger charge is -2.26. The van der Waals surface area contributed by atoms with Crippen molar-refractivity contribution in [2.24, 2.45) is 5.14 Å². The van der Waals surface area contributed by atoms with E-state index in [9.17, 15) is 8.42 Å². The average molecular weight is 297 g/mol. The van der Waals surface area contributed by atoms with Crippen LogP contribution in [-0.4, -0.2) is 19.9 Å². The number of nitrogens with two attached hydrogens (primary N) is 1. The van der Waals surface area contributed by atoms with Crippen molar-refractivity contribution in [3.63, 3.8) is 0 Å². The minimum Gasteiger partial charge on any atom is -0.479 e. The topological polar surface area (TPSA) is 94.3 Å². The Morgan fingerprint density at radius 2 is 2.32 bits per heavy atom. The van der Waals surface area contributed by atoms with Gasteiger partial charge in [0.1, 0.15) is 10.8 Å². The number of nitrogens with one attached hydrogen (secondary N) is 1. The zero-order valence-electron chi connectivity index (χ0n) is 9.74. The first-order valence-corrected chi connectivity index (χ1v) is 7.93. The summed E-state index contributed by atoms with van der Waals surface area (Å²) < 4.78 is 28.4. The van der Waals surface area contributed by atoms with E-state index in [-0.39, 0.29) is 11.0 Å². The summed E-state index contributed by atoms with van der Waals surface area (Å²) in [5.74, 6) is 0.470. The number of ether oxygens (including phenoxy) is 1. The van der Waals surface area contributed by atoms with Crippen LogP contribution in [0.2, 0.25) is 0 Å². The number of thiazole rings is 1. The molecule has 3 N–H and O–H groups in total. The maximum Gasteiger partial charge on any atom is 0.238 e. The number of sulfonamides is 1. The fraction of sp³-hybridized carbons (Fsp3) is 0.182. The molecule has 0 radical (unpaired) electrons. The zero-order chi connectivity index (χ0) is 13.5. The number of hydrogen-bond donors (Lipinski definition) is 2. The van der Waals surface area contributed by atoms with Gasteiger partial charge in [-0.25, -0.2) is 18.5 Å². The second kappa shape index (κ2) is 4.48. The molecule has 1 unspecified atom stereocenters. The fourth-order valence-electron chi connectivity index (χ4n) is 1.85. The SMILES string of the molecule is NS(=O)(=O)c1ccc2c(c1)OC(c1nccs1)CN2. The number of rotatable bonds is 2. The lowest BCUT2D eigenvalue weighted by atomic mass is 10.2. The summed E-state index contributed by atoms with van der Waals surface area (Å²) >= 11 is 1.49. The van der Waals surface area contributed by atoms with Crippen molar-refractivity contribution in [3.8, 4) is 5.75 Å². The number of hydrogen-bond acceptors (Lipinski definition) is 6. The van der Waals surface area contributed by atoms with Gasteiger partial charge in [0.15, 0.2) is 6.10 Å². The number of anilines is 1. The molecule has 100 valence electrons. The molecule has 0 saturated carbocycles. The summed E-state index contributed by atoms with van der Waals surface area (Å²) in [6.07, 6.45) is 1.49. The van der Waals surface area contributed by atoms with E-state index < -0.39 is 10.0 Å². The molecule has 0 amide bonds. The van der Waals surface area contributed by atoms with Crippen LogP contribution in [0.15, 0.2) is 34.7 Å². The van der Waals surface area contributed by atoms with E-state index in [1.54, 1.807) is 12.3 Å². The molecule has 1 atom stereocenters. The molecule has 8 heteroatoms. The van der Waals surface area contributed by atoms with Gasteiger partial charge in [0.2, 0.25) is 10.0 Å². The molecule has 1 aliphatic rings. The molecular formula is C11H11N3O3S2. The standard InChI is InChI=1S/C11H11N3O3S2/c12-19(15,16)7-1-2-8-9(5-7)17-10(6-14-8)11-13-3-4-18-11/h1-5,10,14H,6H2,(H2,12,15,16). The Morgan fingerprint density at radius 1 is 1.47 bits per heavy atom. The normalized spacial score (nSPS) is 18.3. The first-order chi connectivity index (χ1) is 9.04. The van der Waals surface area contributed by atoms with Crippen LogP contribution in [0, 0.1) is 0 Å². The molecular weight excluding hydrogens is 286 g/mol. The van der Waals surface area contributed by atoms with Crippen molar-refractivity contribution < 1.29 is 13.2 Å². The summed E-state index contributed by atoms with van der Waals surface area (Å²) in [6, 6.07) is 4.53. The predicted molar refractivity (Wildman–Crippen MR) is 71.8 cm³/mol. The molecule has 1 aliphatic heterocycles. The second-order valence-electron chi connectivity index (χ2n) is 4.06. The van der Waals surface area contributed by atoms with Gasteiger partial charge in [-0.3, -0.25) is 0 Å². The van der Waals surface area contributed by atoms with E-state index in [1.807, 2.05) is 5.38 Å². The Hall–Kier alpha value is -1.64. The molecule has 3 rings (SSSR count). The highest BCUT2D eigenvalue weighted by molar-refractivity contribution is 7.89. The summed E-state index contributed by atoms with van der Waals surface area (Å²) in [4.78, 5) is 4.23. The number of nitrogens with zero attached hydrogens (tertiary/aromatic N) is 1. The van der Waals surface area contributed by atoms with Crippen LogP contribution in [0.5, 0.6) is 5.75 Å². The molecule has 6 nitrogen and oxygen atoms in total. The third-order valence-corrected chi connectivity index (χ3v) is 4.53. The van der Waals surface area contributed by atoms with Crippen LogP contribution in [0.25, 0.3) is 0 Å². The summed E-state index contributed by atoms with van der Waals surface area (Å²) in [5.41, 5.74) is 0.750. The van der Waals surface area contributed by atoms with Gasteiger partial charge in [-0.1, -0.05) is 0 Å². The van der Waals surface area contributed by atoms with Crippen molar-refractivity contribution in [3.05, 3.63) is 34.8 Å². The Balaban J connectivity index is 1.95. The van der Waals surface area contributed by atoms with Gasteiger partial charge >= 0.3 is 0 Å². The van der Waals surface area contributed by atoms with Crippen LogP contribution >= 0.6 is 11.3 Å². The number of aromatic nitrogens is 1. The van der Waals surface area contributed by atoms with E-state index in [4.69, 9.17) is 9.88 Å². The van der Waals surface area contributed by atoms with E-state index in [0.29, 0.717) is 12.3 Å². The summed E-state index contributed by atoms with van der Waals surface area (Å²) in [5, 5.41) is 11.0. The molecule has 2 heterocycles. The molecule has 2 aromatic rings. The first-order valence-electron chi connectivity index (χ1n) is 5.51. The monoisotopic (exact) mass is 297 g/mol. The van der Waals surface area contributed by atoms with Crippen molar-refractivity contribution in [1.29, 1.82) is 0 Å². The zero-order valence-corrected chi connectivity index (χ0v) is 11.4. The van der Waals surface area contributed by atoms with Gasteiger partial charge in [0.25, 0.3) is 0 Å². The Bertz CT molecular complexity index is 698. The first kappa shape index (κ1) is 12.4. The third-order valence-electron chi connectivity index (χ3n) is 2.76. The van der Waals surface area contributed by atoms with E-state index in [2.05, 4.69) is 10.3 Å². The van der Waals surface area contributed by atoms with Gasteiger partial charge in [0, 0.05) is 17.6 Å². The minimum absolute atomic E-state index is 0.0350. The number of fused-ring (bicyclic) bond motifs is 1. The molecule has 1 aromatic carbocycles. The quantitative estimate of drug-likeness (QED) is 0.872. The maximum atomic E-state index is 11.3. The maximum absolute atomic E-state index is 11.3. The summed E-state index contributed by atoms with van der Waals surface area (Å²) in [7, 11) is -3.73. The lowest BCUT2D eigenvalue weighted by molar-refractivity contribution is 0.209.